The van der Waals surface area contributed by atoms with Crippen molar-refractivity contribution in [1.82, 2.24) is 15.0 Å². The Kier molecular flexibility index (Phi) is 4.04. The number of aromatic nitrogens is 3. The molecule has 0 fully saturated rings. The molecule has 18 heavy (non-hydrogen) atoms. The first-order valence-corrected chi connectivity index (χ1v) is 6.70. The lowest BCUT2D eigenvalue weighted by atomic mass is 10.2. The number of hydrogen-bond acceptors (Lipinski definition) is 5. The highest BCUT2D eigenvalue weighted by atomic mass is 35.5. The zero-order valence-corrected chi connectivity index (χ0v) is 11.7. The predicted octanol–water partition coefficient (Wildman–Crippen LogP) is 3.27. The number of nitrogens with zero attached hydrogens (tertiary/aromatic N) is 3. The van der Waals surface area contributed by atoms with Gasteiger partial charge in [0.2, 0.25) is 0 Å². The van der Waals surface area contributed by atoms with Crippen molar-refractivity contribution in [3.8, 4) is 0 Å². The summed E-state index contributed by atoms with van der Waals surface area (Å²) in [4.78, 5) is 12.7. The average Bonchev–Trinajstić information content (AvgIpc) is 2.27. The Hall–Kier alpha value is -1.33. The molecule has 0 aliphatic rings. The Morgan fingerprint density at radius 2 is 2.17 bits per heavy atom. The fraction of sp³-hybridized carbons (Fsp3) is 0.250. The molecule has 0 radical (unpaired) electrons. The zero-order valence-electron chi connectivity index (χ0n) is 10.1. The van der Waals surface area contributed by atoms with Gasteiger partial charge < -0.3 is 5.73 Å². The molecule has 0 saturated carbocycles. The number of aryl methyl sites for hydroxylation is 1. The summed E-state index contributed by atoms with van der Waals surface area (Å²) >= 11 is 7.34. The molecule has 4 nitrogen and oxygen atoms in total. The third-order valence-corrected chi connectivity index (χ3v) is 3.58. The molecule has 0 spiro atoms. The summed E-state index contributed by atoms with van der Waals surface area (Å²) < 4.78 is 0. The molecule has 0 amide bonds. The molecule has 0 bridgehead atoms. The van der Waals surface area contributed by atoms with Gasteiger partial charge in [-0.2, -0.15) is 0 Å². The topological polar surface area (TPSA) is 64.7 Å². The van der Waals surface area contributed by atoms with Crippen LogP contribution in [-0.4, -0.2) is 15.0 Å². The van der Waals surface area contributed by atoms with Crippen LogP contribution in [-0.2, 0) is 0 Å². The smallest absolute Gasteiger partial charge is 0.191 e. The van der Waals surface area contributed by atoms with E-state index in [1.54, 1.807) is 6.20 Å². The summed E-state index contributed by atoms with van der Waals surface area (Å²) in [6, 6.07) is 5.49. The Morgan fingerprint density at radius 1 is 1.39 bits per heavy atom. The Bertz CT molecular complexity index is 541. The molecule has 2 aromatic heterocycles. The van der Waals surface area contributed by atoms with Gasteiger partial charge in [-0.1, -0.05) is 29.4 Å². The van der Waals surface area contributed by atoms with E-state index in [2.05, 4.69) is 21.9 Å². The first-order chi connectivity index (χ1) is 8.56. The van der Waals surface area contributed by atoms with Crippen LogP contribution in [0, 0.1) is 6.92 Å². The lowest BCUT2D eigenvalue weighted by Gasteiger charge is -2.12. The number of anilines is 1. The number of thioether (sulfide) groups is 1. The lowest BCUT2D eigenvalue weighted by molar-refractivity contribution is 0.937. The lowest BCUT2D eigenvalue weighted by Crippen LogP contribution is -1.99. The van der Waals surface area contributed by atoms with Gasteiger partial charge in [0.1, 0.15) is 11.0 Å². The van der Waals surface area contributed by atoms with Crippen molar-refractivity contribution in [1.29, 1.82) is 0 Å². The van der Waals surface area contributed by atoms with Crippen LogP contribution in [0.3, 0.4) is 0 Å². The maximum absolute atomic E-state index is 5.85. The molecule has 94 valence electrons. The second kappa shape index (κ2) is 5.54. The van der Waals surface area contributed by atoms with Gasteiger partial charge in [-0.15, -0.1) is 0 Å². The fourth-order valence-corrected chi connectivity index (χ4v) is 2.83. The van der Waals surface area contributed by atoms with Gasteiger partial charge in [0, 0.05) is 12.3 Å². The number of nitrogen functional groups attached to an aromatic ring is 1. The molecule has 1 atom stereocenters. The van der Waals surface area contributed by atoms with Crippen LogP contribution >= 0.6 is 23.4 Å². The van der Waals surface area contributed by atoms with Crippen LogP contribution in [0.25, 0.3) is 0 Å². The number of rotatable bonds is 3. The predicted molar refractivity (Wildman–Crippen MR) is 74.7 cm³/mol. The monoisotopic (exact) mass is 280 g/mol. The second-order valence-corrected chi connectivity index (χ2v) is 5.56. The number of halogens is 1. The quantitative estimate of drug-likeness (QED) is 0.531. The molecule has 2 N–H and O–H groups in total. The van der Waals surface area contributed by atoms with E-state index in [-0.39, 0.29) is 5.25 Å². The summed E-state index contributed by atoms with van der Waals surface area (Å²) in [5.74, 6) is 0.377. The van der Waals surface area contributed by atoms with E-state index in [0.717, 1.165) is 11.3 Å². The van der Waals surface area contributed by atoms with E-state index in [0.29, 0.717) is 16.1 Å². The van der Waals surface area contributed by atoms with Gasteiger partial charge in [0.25, 0.3) is 0 Å². The summed E-state index contributed by atoms with van der Waals surface area (Å²) in [6.45, 7) is 4.09. The standard InChI is InChI=1S/C12H13ClN4S/c1-7-4-3-5-15-11(7)8(2)18-12-16-9(13)6-10(14)17-12/h3-6,8H,1-2H3,(H2,14,16,17). The van der Waals surface area contributed by atoms with E-state index in [4.69, 9.17) is 17.3 Å². The minimum atomic E-state index is 0.143. The van der Waals surface area contributed by atoms with Crippen molar-refractivity contribution >= 4 is 29.2 Å². The Morgan fingerprint density at radius 3 is 2.83 bits per heavy atom. The third-order valence-electron chi connectivity index (χ3n) is 2.41. The van der Waals surface area contributed by atoms with Crippen molar-refractivity contribution < 1.29 is 0 Å². The van der Waals surface area contributed by atoms with Gasteiger partial charge in [0.05, 0.1) is 10.9 Å². The number of pyridine rings is 1. The SMILES string of the molecule is Cc1cccnc1C(C)Sc1nc(N)cc(Cl)n1. The van der Waals surface area contributed by atoms with Crippen LogP contribution in [0.1, 0.15) is 23.4 Å². The van der Waals surface area contributed by atoms with Crippen LogP contribution in [0.15, 0.2) is 29.6 Å². The molecule has 2 aromatic rings. The third kappa shape index (κ3) is 3.11. The van der Waals surface area contributed by atoms with E-state index in [9.17, 15) is 0 Å². The van der Waals surface area contributed by atoms with E-state index < -0.39 is 0 Å². The second-order valence-electron chi connectivity index (χ2n) is 3.86. The van der Waals surface area contributed by atoms with Gasteiger partial charge in [-0.25, -0.2) is 9.97 Å². The first-order valence-electron chi connectivity index (χ1n) is 5.44. The largest absolute Gasteiger partial charge is 0.384 e. The molecule has 0 aromatic carbocycles. The van der Waals surface area contributed by atoms with Crippen molar-refractivity contribution in [3.05, 3.63) is 40.8 Å². The maximum Gasteiger partial charge on any atom is 0.191 e. The summed E-state index contributed by atoms with van der Waals surface area (Å²) in [6.07, 6.45) is 1.78. The molecule has 0 aliphatic carbocycles. The van der Waals surface area contributed by atoms with Crippen molar-refractivity contribution in [2.45, 2.75) is 24.3 Å². The van der Waals surface area contributed by atoms with Crippen molar-refractivity contribution in [2.75, 3.05) is 5.73 Å². The van der Waals surface area contributed by atoms with E-state index >= 15 is 0 Å². The normalized spacial score (nSPS) is 12.4. The highest BCUT2D eigenvalue weighted by Gasteiger charge is 2.13. The van der Waals surface area contributed by atoms with E-state index in [1.165, 1.54) is 17.8 Å². The highest BCUT2D eigenvalue weighted by molar-refractivity contribution is 7.99. The summed E-state index contributed by atoms with van der Waals surface area (Å²) in [7, 11) is 0. The molecule has 2 heterocycles. The van der Waals surface area contributed by atoms with Gasteiger partial charge in [-0.3, -0.25) is 4.98 Å². The molecular weight excluding hydrogens is 268 g/mol. The Balaban J connectivity index is 2.21. The van der Waals surface area contributed by atoms with Gasteiger partial charge in [0.15, 0.2) is 5.16 Å². The van der Waals surface area contributed by atoms with Gasteiger partial charge in [-0.05, 0) is 25.5 Å². The molecule has 6 heteroatoms. The molecule has 0 aliphatic heterocycles. The minimum Gasteiger partial charge on any atom is -0.384 e. The van der Waals surface area contributed by atoms with E-state index in [1.807, 2.05) is 19.1 Å². The van der Waals surface area contributed by atoms with Gasteiger partial charge >= 0.3 is 0 Å². The van der Waals surface area contributed by atoms with Crippen molar-refractivity contribution in [2.24, 2.45) is 0 Å². The fourth-order valence-electron chi connectivity index (χ4n) is 1.60. The Labute approximate surface area is 115 Å². The van der Waals surface area contributed by atoms with Crippen LogP contribution < -0.4 is 5.73 Å². The highest BCUT2D eigenvalue weighted by Crippen LogP contribution is 2.33. The first kappa shape index (κ1) is 13.1. The maximum atomic E-state index is 5.85. The van der Waals surface area contributed by atoms with Crippen LogP contribution in [0.5, 0.6) is 0 Å². The number of nitrogens with two attached hydrogens (primary N) is 1. The molecule has 1 unspecified atom stereocenters. The average molecular weight is 281 g/mol. The zero-order chi connectivity index (χ0) is 13.1. The number of hydrogen-bond donors (Lipinski definition) is 1. The molecule has 0 saturated heterocycles. The van der Waals surface area contributed by atoms with Crippen LogP contribution in [0.4, 0.5) is 5.82 Å². The van der Waals surface area contributed by atoms with Crippen LogP contribution in [0.2, 0.25) is 5.15 Å². The molecule has 2 rings (SSSR count). The summed E-state index contributed by atoms with van der Waals surface area (Å²) in [5, 5.41) is 1.07. The van der Waals surface area contributed by atoms with Crippen molar-refractivity contribution in [3.63, 3.8) is 0 Å². The summed E-state index contributed by atoms with van der Waals surface area (Å²) in [5.41, 5.74) is 7.80. The molecular formula is C12H13ClN4S. The minimum absolute atomic E-state index is 0.143.